The second-order valence-corrected chi connectivity index (χ2v) is 3.32. The molecular formula is C12H12N2O4. The number of aromatic amines is 1. The molecule has 0 aliphatic heterocycles. The number of nitrogens with one attached hydrogen (secondary N) is 1. The summed E-state index contributed by atoms with van der Waals surface area (Å²) in [6, 6.07) is 9.94. The molecule has 6 nitrogen and oxygen atoms in total. The summed E-state index contributed by atoms with van der Waals surface area (Å²) >= 11 is 0. The summed E-state index contributed by atoms with van der Waals surface area (Å²) in [4.78, 5) is 22.1. The van der Waals surface area contributed by atoms with Gasteiger partial charge in [-0.2, -0.15) is 0 Å². The van der Waals surface area contributed by atoms with Gasteiger partial charge in [-0.3, -0.25) is 0 Å². The predicted molar refractivity (Wildman–Crippen MR) is 67.1 cm³/mol. The van der Waals surface area contributed by atoms with Crippen molar-refractivity contribution in [2.75, 3.05) is 5.73 Å². The number of nitrogens with two attached hydrogens (primary N) is 1. The van der Waals surface area contributed by atoms with E-state index in [0.29, 0.717) is 12.2 Å². The number of fused-ring (bicyclic) bond motifs is 1. The fourth-order valence-electron chi connectivity index (χ4n) is 1.24. The van der Waals surface area contributed by atoms with E-state index >= 15 is 0 Å². The lowest BCUT2D eigenvalue weighted by molar-refractivity contribution is -0.134. The number of carboxylic acids is 2. The number of benzene rings is 1. The summed E-state index contributed by atoms with van der Waals surface area (Å²) in [5, 5.41) is 16.8. The van der Waals surface area contributed by atoms with E-state index in [9.17, 15) is 9.59 Å². The summed E-state index contributed by atoms with van der Waals surface area (Å²) < 4.78 is 0. The van der Waals surface area contributed by atoms with Gasteiger partial charge in [-0.25, -0.2) is 9.59 Å². The van der Waals surface area contributed by atoms with Crippen LogP contribution < -0.4 is 5.73 Å². The lowest BCUT2D eigenvalue weighted by atomic mass is 10.3. The van der Waals surface area contributed by atoms with E-state index in [-0.39, 0.29) is 0 Å². The van der Waals surface area contributed by atoms with Crippen molar-refractivity contribution in [1.29, 1.82) is 0 Å². The fraction of sp³-hybridized carbons (Fsp3) is 0. The molecule has 94 valence electrons. The van der Waals surface area contributed by atoms with Crippen LogP contribution in [0.4, 0.5) is 5.82 Å². The molecule has 6 heteroatoms. The molecule has 0 spiro atoms. The van der Waals surface area contributed by atoms with Crippen molar-refractivity contribution in [1.82, 2.24) is 4.98 Å². The van der Waals surface area contributed by atoms with Crippen LogP contribution in [0, 0.1) is 0 Å². The number of rotatable bonds is 2. The molecule has 18 heavy (non-hydrogen) atoms. The van der Waals surface area contributed by atoms with Crippen molar-refractivity contribution in [2.45, 2.75) is 0 Å². The lowest BCUT2D eigenvalue weighted by Crippen LogP contribution is -1.91. The Bertz CT molecular complexity index is 538. The van der Waals surface area contributed by atoms with Gasteiger partial charge in [-0.05, 0) is 12.1 Å². The molecule has 0 atom stereocenters. The van der Waals surface area contributed by atoms with Crippen LogP contribution in [0.25, 0.3) is 10.9 Å². The zero-order valence-electron chi connectivity index (χ0n) is 9.33. The Kier molecular flexibility index (Phi) is 4.50. The molecule has 1 heterocycles. The van der Waals surface area contributed by atoms with Crippen molar-refractivity contribution in [3.8, 4) is 0 Å². The van der Waals surface area contributed by atoms with Crippen LogP contribution in [0.2, 0.25) is 0 Å². The SMILES string of the molecule is Nc1cc2ccccc2[nH]1.O=C(O)C=CC(=O)O. The van der Waals surface area contributed by atoms with Crippen LogP contribution in [-0.4, -0.2) is 27.1 Å². The van der Waals surface area contributed by atoms with Crippen LogP contribution in [0.3, 0.4) is 0 Å². The molecule has 1 aromatic heterocycles. The number of anilines is 1. The Balaban J connectivity index is 0.000000187. The number of nitrogen functional groups attached to an aromatic ring is 1. The van der Waals surface area contributed by atoms with Crippen LogP contribution in [-0.2, 0) is 9.59 Å². The molecular weight excluding hydrogens is 236 g/mol. The van der Waals surface area contributed by atoms with E-state index in [1.54, 1.807) is 0 Å². The number of carboxylic acid groups (broad SMARTS) is 2. The average Bonchev–Trinajstić information content (AvgIpc) is 2.67. The van der Waals surface area contributed by atoms with Gasteiger partial charge in [0.05, 0.1) is 0 Å². The lowest BCUT2D eigenvalue weighted by Gasteiger charge is -1.83. The summed E-state index contributed by atoms with van der Waals surface area (Å²) in [7, 11) is 0. The first-order chi connectivity index (χ1) is 8.49. The maximum Gasteiger partial charge on any atom is 0.328 e. The number of H-pyrrole nitrogens is 1. The largest absolute Gasteiger partial charge is 0.478 e. The maximum atomic E-state index is 9.55. The average molecular weight is 248 g/mol. The number of hydrogen-bond acceptors (Lipinski definition) is 3. The topological polar surface area (TPSA) is 116 Å². The highest BCUT2D eigenvalue weighted by Gasteiger charge is 1.92. The molecule has 0 bridgehead atoms. The molecule has 0 aliphatic carbocycles. The Labute approximate surface area is 102 Å². The minimum atomic E-state index is -1.26. The summed E-state index contributed by atoms with van der Waals surface area (Å²) in [5.74, 6) is -1.79. The standard InChI is InChI=1S/C8H8N2.C4H4O4/c9-8-5-6-3-1-2-4-7(6)10-8;5-3(6)1-2-4(7)8/h1-5,10H,9H2;1-2H,(H,5,6)(H,7,8). The normalized spacial score (nSPS) is 10.0. The Morgan fingerprint density at radius 3 is 2.17 bits per heavy atom. The Morgan fingerprint density at radius 1 is 1.11 bits per heavy atom. The highest BCUT2D eigenvalue weighted by Crippen LogP contribution is 2.14. The van der Waals surface area contributed by atoms with Gasteiger partial charge >= 0.3 is 11.9 Å². The third-order valence-electron chi connectivity index (χ3n) is 1.92. The minimum absolute atomic E-state index is 0.558. The van der Waals surface area contributed by atoms with Crippen molar-refractivity contribution >= 4 is 28.7 Å². The second kappa shape index (κ2) is 6.09. The van der Waals surface area contributed by atoms with Gasteiger partial charge in [-0.1, -0.05) is 18.2 Å². The number of hydrogen-bond donors (Lipinski definition) is 4. The van der Waals surface area contributed by atoms with Gasteiger partial charge in [0.2, 0.25) is 0 Å². The minimum Gasteiger partial charge on any atom is -0.478 e. The van der Waals surface area contributed by atoms with Crippen molar-refractivity contribution in [2.24, 2.45) is 0 Å². The zero-order chi connectivity index (χ0) is 13.5. The van der Waals surface area contributed by atoms with E-state index in [1.807, 2.05) is 30.3 Å². The van der Waals surface area contributed by atoms with Crippen LogP contribution in [0.1, 0.15) is 0 Å². The monoisotopic (exact) mass is 248 g/mol. The molecule has 1 aromatic carbocycles. The smallest absolute Gasteiger partial charge is 0.328 e. The van der Waals surface area contributed by atoms with Crippen molar-refractivity contribution < 1.29 is 19.8 Å². The molecule has 0 saturated carbocycles. The van der Waals surface area contributed by atoms with E-state index < -0.39 is 11.9 Å². The molecule has 0 saturated heterocycles. The summed E-state index contributed by atoms with van der Waals surface area (Å²) in [6.45, 7) is 0. The van der Waals surface area contributed by atoms with Gasteiger partial charge < -0.3 is 20.9 Å². The van der Waals surface area contributed by atoms with Gasteiger partial charge in [0.25, 0.3) is 0 Å². The molecule has 2 rings (SSSR count). The first-order valence-electron chi connectivity index (χ1n) is 4.96. The molecule has 0 amide bonds. The van der Waals surface area contributed by atoms with Gasteiger partial charge in [0.1, 0.15) is 5.82 Å². The van der Waals surface area contributed by atoms with E-state index in [4.69, 9.17) is 15.9 Å². The predicted octanol–water partition coefficient (Wildman–Crippen LogP) is 1.46. The quantitative estimate of drug-likeness (QED) is 0.600. The van der Waals surface area contributed by atoms with Crippen molar-refractivity contribution in [3.63, 3.8) is 0 Å². The van der Waals surface area contributed by atoms with Gasteiger partial charge in [0.15, 0.2) is 0 Å². The third kappa shape index (κ3) is 4.40. The van der Waals surface area contributed by atoms with Crippen molar-refractivity contribution in [3.05, 3.63) is 42.5 Å². The van der Waals surface area contributed by atoms with Gasteiger partial charge in [0, 0.05) is 23.1 Å². The molecule has 5 N–H and O–H groups in total. The Morgan fingerprint density at radius 2 is 1.67 bits per heavy atom. The van der Waals surface area contributed by atoms with Crippen LogP contribution in [0.15, 0.2) is 42.5 Å². The first kappa shape index (κ1) is 13.3. The fourth-order valence-corrected chi connectivity index (χ4v) is 1.24. The highest BCUT2D eigenvalue weighted by molar-refractivity contribution is 5.89. The van der Waals surface area contributed by atoms with E-state index in [0.717, 1.165) is 11.3 Å². The molecule has 0 aliphatic rings. The number of aliphatic carboxylic acids is 2. The third-order valence-corrected chi connectivity index (χ3v) is 1.92. The Hall–Kier alpha value is -2.76. The maximum absolute atomic E-state index is 9.55. The molecule has 0 unspecified atom stereocenters. The summed E-state index contributed by atoms with van der Waals surface area (Å²) in [6.07, 6.45) is 1.12. The zero-order valence-corrected chi connectivity index (χ0v) is 9.33. The number of aromatic nitrogens is 1. The van der Waals surface area contributed by atoms with Crippen LogP contribution in [0.5, 0.6) is 0 Å². The summed E-state index contributed by atoms with van der Waals surface area (Å²) in [5.41, 5.74) is 6.63. The molecule has 2 aromatic rings. The highest BCUT2D eigenvalue weighted by atomic mass is 16.4. The second-order valence-electron chi connectivity index (χ2n) is 3.32. The van der Waals surface area contributed by atoms with Gasteiger partial charge in [-0.15, -0.1) is 0 Å². The molecule has 0 fully saturated rings. The van der Waals surface area contributed by atoms with E-state index in [1.165, 1.54) is 5.39 Å². The molecule has 0 radical (unpaired) electrons. The first-order valence-corrected chi connectivity index (χ1v) is 4.96. The number of para-hydroxylation sites is 1. The van der Waals surface area contributed by atoms with E-state index in [2.05, 4.69) is 4.98 Å². The number of carbonyl (C=O) groups is 2. The van der Waals surface area contributed by atoms with Crippen LogP contribution >= 0.6 is 0 Å².